The molecule has 4 aliphatic rings. The number of carbonyl (C=O) groups excluding carboxylic acids is 3. The maximum atomic E-state index is 12.4. The molecule has 2 N–H and O–H groups in total. The third-order valence-corrected chi connectivity index (χ3v) is 5.81. The van der Waals surface area contributed by atoms with E-state index in [1.807, 2.05) is 0 Å². The maximum Gasteiger partial charge on any atom is 0.329 e. The zero-order valence-corrected chi connectivity index (χ0v) is 14.3. The van der Waals surface area contributed by atoms with Crippen molar-refractivity contribution in [3.05, 3.63) is 0 Å². The number of ether oxygens (including phenoxy) is 2. The molecule has 4 fully saturated rings. The number of amides is 2. The number of methoxy groups -OCH3 is 2. The quantitative estimate of drug-likeness (QED) is 0.738. The zero-order valence-electron chi connectivity index (χ0n) is 14.3. The molecule has 4 saturated carbocycles. The van der Waals surface area contributed by atoms with Crippen molar-refractivity contribution in [3.8, 4) is 0 Å². The van der Waals surface area contributed by atoms with Crippen LogP contribution in [0.15, 0.2) is 0 Å². The van der Waals surface area contributed by atoms with Crippen molar-refractivity contribution in [2.24, 2.45) is 17.8 Å². The number of rotatable bonds is 5. The molecule has 0 saturated heterocycles. The third kappa shape index (κ3) is 3.49. The predicted octanol–water partition coefficient (Wildman–Crippen LogP) is 1.36. The van der Waals surface area contributed by atoms with E-state index in [0.717, 1.165) is 19.3 Å². The molecule has 0 aromatic rings. The van der Waals surface area contributed by atoms with Gasteiger partial charge in [0.25, 0.3) is 0 Å². The van der Waals surface area contributed by atoms with Crippen LogP contribution in [0.25, 0.3) is 0 Å². The van der Waals surface area contributed by atoms with E-state index < -0.39 is 24.0 Å². The Kier molecular flexibility index (Phi) is 4.69. The summed E-state index contributed by atoms with van der Waals surface area (Å²) in [5.41, 5.74) is -0.148. The van der Waals surface area contributed by atoms with Crippen LogP contribution in [0.1, 0.15) is 44.9 Å². The fraction of sp³-hybridized carbons (Fsp3) is 0.824. The smallest absolute Gasteiger partial charge is 0.329 e. The summed E-state index contributed by atoms with van der Waals surface area (Å²) in [6.45, 7) is 0. The van der Waals surface area contributed by atoms with Crippen molar-refractivity contribution in [1.82, 2.24) is 10.6 Å². The summed E-state index contributed by atoms with van der Waals surface area (Å²) in [4.78, 5) is 35.7. The van der Waals surface area contributed by atoms with E-state index in [4.69, 9.17) is 0 Å². The Bertz CT molecular complexity index is 498. The first kappa shape index (κ1) is 17.0. The van der Waals surface area contributed by atoms with E-state index in [2.05, 4.69) is 20.1 Å². The van der Waals surface area contributed by atoms with Crippen molar-refractivity contribution < 1.29 is 23.9 Å². The van der Waals surface area contributed by atoms with Gasteiger partial charge in [-0.25, -0.2) is 9.59 Å². The lowest BCUT2D eigenvalue weighted by atomic mass is 9.53. The second kappa shape index (κ2) is 6.61. The van der Waals surface area contributed by atoms with Crippen LogP contribution in [0.4, 0.5) is 4.79 Å². The van der Waals surface area contributed by atoms with E-state index in [-0.39, 0.29) is 12.0 Å². The Morgan fingerprint density at radius 3 is 2.00 bits per heavy atom. The van der Waals surface area contributed by atoms with E-state index in [0.29, 0.717) is 17.8 Å². The standard InChI is InChI=1S/C17H26N2O5/c1-23-14(20)6-13(15(21)24-2)18-16(22)19-17-7-10-3-11(8-17)5-12(4-10)9-17/h10-13H,3-9H2,1-2H3,(H2,18,19,22). The molecule has 134 valence electrons. The van der Waals surface area contributed by atoms with E-state index in [9.17, 15) is 14.4 Å². The Morgan fingerprint density at radius 2 is 1.54 bits per heavy atom. The van der Waals surface area contributed by atoms with Crippen LogP contribution in [-0.4, -0.2) is 43.8 Å². The van der Waals surface area contributed by atoms with Gasteiger partial charge in [-0.2, -0.15) is 0 Å². The topological polar surface area (TPSA) is 93.7 Å². The van der Waals surface area contributed by atoms with Gasteiger partial charge in [0.05, 0.1) is 20.6 Å². The van der Waals surface area contributed by atoms with Crippen molar-refractivity contribution >= 4 is 18.0 Å². The molecule has 1 atom stereocenters. The molecule has 2 amide bonds. The SMILES string of the molecule is COC(=O)CC(NC(=O)NC12CC3CC(CC(C3)C1)C2)C(=O)OC. The first-order valence-corrected chi connectivity index (χ1v) is 8.66. The van der Waals surface area contributed by atoms with Crippen molar-refractivity contribution in [2.75, 3.05) is 14.2 Å². The van der Waals surface area contributed by atoms with Gasteiger partial charge >= 0.3 is 18.0 Å². The Labute approximate surface area is 141 Å². The fourth-order valence-corrected chi connectivity index (χ4v) is 5.28. The zero-order chi connectivity index (χ0) is 17.3. The largest absolute Gasteiger partial charge is 0.469 e. The number of hydrogen-bond acceptors (Lipinski definition) is 5. The summed E-state index contributed by atoms with van der Waals surface area (Å²) in [7, 11) is 2.47. The highest BCUT2D eigenvalue weighted by atomic mass is 16.5. The molecule has 0 aromatic heterocycles. The summed E-state index contributed by atoms with van der Waals surface area (Å²) in [6, 6.07) is -1.44. The molecule has 0 heterocycles. The Balaban J connectivity index is 1.61. The minimum atomic E-state index is -1.03. The molecular formula is C17H26N2O5. The molecule has 1 unspecified atom stereocenters. The maximum absolute atomic E-state index is 12.4. The van der Waals surface area contributed by atoms with Gasteiger partial charge in [-0.05, 0) is 56.3 Å². The predicted molar refractivity (Wildman–Crippen MR) is 85.0 cm³/mol. The lowest BCUT2D eigenvalue weighted by Crippen LogP contribution is -2.62. The van der Waals surface area contributed by atoms with Crippen LogP contribution >= 0.6 is 0 Å². The van der Waals surface area contributed by atoms with Gasteiger partial charge < -0.3 is 20.1 Å². The molecule has 0 aromatic carbocycles. The summed E-state index contributed by atoms with van der Waals surface area (Å²) >= 11 is 0. The average Bonchev–Trinajstić information content (AvgIpc) is 2.51. The first-order valence-electron chi connectivity index (χ1n) is 8.66. The molecule has 4 aliphatic carbocycles. The number of nitrogens with one attached hydrogen (secondary N) is 2. The Morgan fingerprint density at radius 1 is 1.00 bits per heavy atom. The first-order chi connectivity index (χ1) is 11.4. The van der Waals surface area contributed by atoms with Gasteiger partial charge in [-0.3, -0.25) is 4.79 Å². The van der Waals surface area contributed by atoms with Crippen LogP contribution in [-0.2, 0) is 19.1 Å². The van der Waals surface area contributed by atoms with E-state index in [1.165, 1.54) is 33.5 Å². The van der Waals surface area contributed by atoms with Crippen LogP contribution in [0.3, 0.4) is 0 Å². The van der Waals surface area contributed by atoms with Gasteiger partial charge in [0, 0.05) is 5.54 Å². The summed E-state index contributed by atoms with van der Waals surface area (Å²) in [5.74, 6) is 0.913. The number of esters is 2. The summed E-state index contributed by atoms with van der Waals surface area (Å²) in [5, 5.41) is 5.70. The highest BCUT2D eigenvalue weighted by Crippen LogP contribution is 2.55. The summed E-state index contributed by atoms with van der Waals surface area (Å²) in [6.07, 6.45) is 6.68. The van der Waals surface area contributed by atoms with Crippen LogP contribution in [0, 0.1) is 17.8 Å². The molecule has 24 heavy (non-hydrogen) atoms. The second-order valence-electron chi connectivity index (χ2n) is 7.65. The minimum Gasteiger partial charge on any atom is -0.469 e. The van der Waals surface area contributed by atoms with Crippen LogP contribution < -0.4 is 10.6 Å². The number of hydrogen-bond donors (Lipinski definition) is 2. The highest BCUT2D eigenvalue weighted by Gasteiger charge is 2.51. The Hall–Kier alpha value is -1.79. The molecule has 4 bridgehead atoms. The molecule has 0 aliphatic heterocycles. The molecule has 0 spiro atoms. The fourth-order valence-electron chi connectivity index (χ4n) is 5.28. The molecule has 0 radical (unpaired) electrons. The van der Waals surface area contributed by atoms with Crippen LogP contribution in [0.5, 0.6) is 0 Å². The van der Waals surface area contributed by atoms with Gasteiger partial charge in [-0.1, -0.05) is 0 Å². The van der Waals surface area contributed by atoms with Crippen molar-refractivity contribution in [2.45, 2.75) is 56.5 Å². The lowest BCUT2D eigenvalue weighted by molar-refractivity contribution is -0.149. The molecule has 7 nitrogen and oxygen atoms in total. The van der Waals surface area contributed by atoms with Crippen LogP contribution in [0.2, 0.25) is 0 Å². The third-order valence-electron chi connectivity index (χ3n) is 5.81. The molecule has 4 rings (SSSR count). The molecule has 7 heteroatoms. The monoisotopic (exact) mass is 338 g/mol. The lowest BCUT2D eigenvalue weighted by Gasteiger charge is -2.56. The van der Waals surface area contributed by atoms with Gasteiger partial charge in [-0.15, -0.1) is 0 Å². The number of carbonyl (C=O) groups is 3. The minimum absolute atomic E-state index is 0.148. The summed E-state index contributed by atoms with van der Waals surface area (Å²) < 4.78 is 9.24. The highest BCUT2D eigenvalue weighted by molar-refractivity contribution is 5.87. The molecular weight excluding hydrogens is 312 g/mol. The number of urea groups is 1. The van der Waals surface area contributed by atoms with Gasteiger partial charge in [0.2, 0.25) is 0 Å². The van der Waals surface area contributed by atoms with Crippen molar-refractivity contribution in [1.29, 1.82) is 0 Å². The normalized spacial score (nSPS) is 34.3. The second-order valence-corrected chi connectivity index (χ2v) is 7.65. The van der Waals surface area contributed by atoms with Gasteiger partial charge in [0.15, 0.2) is 0 Å². The van der Waals surface area contributed by atoms with Gasteiger partial charge in [0.1, 0.15) is 6.04 Å². The van der Waals surface area contributed by atoms with E-state index in [1.54, 1.807) is 0 Å². The van der Waals surface area contributed by atoms with E-state index >= 15 is 0 Å². The van der Waals surface area contributed by atoms with Crippen molar-refractivity contribution in [3.63, 3.8) is 0 Å². The average molecular weight is 338 g/mol.